The van der Waals surface area contributed by atoms with Crippen LogP contribution in [0.3, 0.4) is 0 Å². The summed E-state index contributed by atoms with van der Waals surface area (Å²) in [5, 5.41) is 9.29. The van der Waals surface area contributed by atoms with Crippen LogP contribution in [0.2, 0.25) is 0 Å². The molecule has 1 saturated heterocycles. The molecule has 1 aromatic carbocycles. The molecule has 7 unspecified atom stereocenters. The van der Waals surface area contributed by atoms with Crippen LogP contribution in [0.1, 0.15) is 58.4 Å². The number of hydrogen-bond donors (Lipinski definition) is 3. The molecule has 0 aromatic heterocycles. The Morgan fingerprint density at radius 3 is 2.59 bits per heavy atom. The topological polar surface area (TPSA) is 132 Å². The van der Waals surface area contributed by atoms with Crippen molar-refractivity contribution in [3.63, 3.8) is 0 Å². The van der Waals surface area contributed by atoms with Crippen LogP contribution >= 0.6 is 7.82 Å². The van der Waals surface area contributed by atoms with E-state index in [1.54, 1.807) is 19.1 Å². The van der Waals surface area contributed by atoms with Crippen LogP contribution in [0.5, 0.6) is 5.75 Å². The Kier molecular flexibility index (Phi) is 6.20. The van der Waals surface area contributed by atoms with Crippen molar-refractivity contribution in [2.75, 3.05) is 0 Å². The van der Waals surface area contributed by atoms with Gasteiger partial charge in [0, 0.05) is 5.56 Å². The smallest absolute Gasteiger partial charge is 0.481 e. The summed E-state index contributed by atoms with van der Waals surface area (Å²) in [4.78, 5) is 41.6. The summed E-state index contributed by atoms with van der Waals surface area (Å²) in [6, 6.07) is 6.24. The van der Waals surface area contributed by atoms with Crippen molar-refractivity contribution >= 4 is 13.8 Å². The van der Waals surface area contributed by atoms with E-state index in [0.717, 1.165) is 19.3 Å². The summed E-state index contributed by atoms with van der Waals surface area (Å²) in [6.45, 7) is 6.00. The number of carboxylic acids is 1. The SMILES string of the molecule is CC1CC2CC(C)C3(OOC3(OC(C)CC(=O)O)c3cccc(OP(=O)(O)O)c3)C(C1)C2. The quantitative estimate of drug-likeness (QED) is 0.400. The lowest BCUT2D eigenvalue weighted by molar-refractivity contribution is -0.647. The van der Waals surface area contributed by atoms with E-state index in [0.29, 0.717) is 17.4 Å². The molecule has 3 aliphatic rings. The maximum atomic E-state index is 11.4. The zero-order chi connectivity index (χ0) is 23.3. The van der Waals surface area contributed by atoms with E-state index in [1.807, 2.05) is 0 Å². The fourth-order valence-electron chi connectivity index (χ4n) is 6.24. The van der Waals surface area contributed by atoms with Crippen molar-refractivity contribution in [1.29, 1.82) is 0 Å². The molecule has 3 fully saturated rings. The van der Waals surface area contributed by atoms with Gasteiger partial charge in [0.15, 0.2) is 5.60 Å². The molecule has 7 atom stereocenters. The Morgan fingerprint density at radius 2 is 1.97 bits per heavy atom. The monoisotopic (exact) mass is 470 g/mol. The Hall–Kier alpha value is -1.48. The molecule has 3 N–H and O–H groups in total. The minimum Gasteiger partial charge on any atom is -0.481 e. The van der Waals surface area contributed by atoms with Crippen molar-refractivity contribution in [3.05, 3.63) is 29.8 Å². The van der Waals surface area contributed by atoms with E-state index in [-0.39, 0.29) is 24.0 Å². The van der Waals surface area contributed by atoms with Gasteiger partial charge in [-0.2, -0.15) is 4.89 Å². The van der Waals surface area contributed by atoms with Crippen LogP contribution in [-0.2, 0) is 29.7 Å². The highest BCUT2D eigenvalue weighted by Crippen LogP contribution is 2.65. The van der Waals surface area contributed by atoms with Crippen LogP contribution < -0.4 is 4.52 Å². The standard InChI is InChI=1S/C22H31O9P/c1-13-7-16-9-14(2)21(18(8-13)11-16)22(31-30-21,28-15(3)10-20(23)24)17-5-4-6-19(12-17)29-32(25,26)27/h4-6,12-16,18H,7-11H2,1-3H3,(H,23,24)(H2,25,26,27). The van der Waals surface area contributed by atoms with E-state index < -0.39 is 31.3 Å². The number of carbonyl (C=O) groups is 1. The van der Waals surface area contributed by atoms with Crippen molar-refractivity contribution < 1.29 is 43.3 Å². The molecule has 32 heavy (non-hydrogen) atoms. The highest BCUT2D eigenvalue weighted by Gasteiger charge is 2.74. The molecule has 2 saturated carbocycles. The molecule has 1 aromatic rings. The first-order valence-corrected chi connectivity index (χ1v) is 12.6. The molecule has 1 aliphatic heterocycles. The first kappa shape index (κ1) is 23.7. The lowest BCUT2D eigenvalue weighted by atomic mass is 9.54. The average molecular weight is 470 g/mol. The van der Waals surface area contributed by atoms with E-state index >= 15 is 0 Å². The number of rotatable bonds is 7. The fourth-order valence-corrected chi connectivity index (χ4v) is 6.63. The predicted octanol–water partition coefficient (Wildman–Crippen LogP) is 3.98. The maximum Gasteiger partial charge on any atom is 0.524 e. The van der Waals surface area contributed by atoms with Crippen LogP contribution in [0.15, 0.2) is 24.3 Å². The minimum absolute atomic E-state index is 0.0336. The van der Waals surface area contributed by atoms with E-state index in [4.69, 9.17) is 19.0 Å². The van der Waals surface area contributed by atoms with Crippen LogP contribution in [0.25, 0.3) is 0 Å². The summed E-state index contributed by atoms with van der Waals surface area (Å²) >= 11 is 0. The molecule has 2 aliphatic carbocycles. The van der Waals surface area contributed by atoms with Gasteiger partial charge in [-0.25, -0.2) is 9.45 Å². The Morgan fingerprint density at radius 1 is 1.22 bits per heavy atom. The Balaban J connectivity index is 1.78. The molecular weight excluding hydrogens is 439 g/mol. The van der Waals surface area contributed by atoms with Gasteiger partial charge in [-0.15, -0.1) is 0 Å². The first-order chi connectivity index (χ1) is 14.9. The fraction of sp³-hybridized carbons (Fsp3) is 0.682. The van der Waals surface area contributed by atoms with Gasteiger partial charge in [0.25, 0.3) is 5.79 Å². The first-order valence-electron chi connectivity index (χ1n) is 11.1. The molecule has 4 rings (SSSR count). The molecule has 0 radical (unpaired) electrons. The lowest BCUT2D eigenvalue weighted by Crippen LogP contribution is -2.74. The van der Waals surface area contributed by atoms with E-state index in [1.165, 1.54) is 18.6 Å². The summed E-state index contributed by atoms with van der Waals surface area (Å²) in [5.74, 6) is -1.13. The van der Waals surface area contributed by atoms with Crippen molar-refractivity contribution in [3.8, 4) is 5.75 Å². The van der Waals surface area contributed by atoms with Gasteiger partial charge in [0.2, 0.25) is 0 Å². The van der Waals surface area contributed by atoms with Gasteiger partial charge < -0.3 is 14.4 Å². The number of ether oxygens (including phenoxy) is 1. The molecule has 2 bridgehead atoms. The summed E-state index contributed by atoms with van der Waals surface area (Å²) in [7, 11) is -4.77. The highest BCUT2D eigenvalue weighted by molar-refractivity contribution is 7.46. The number of hydrogen-bond acceptors (Lipinski definition) is 6. The van der Waals surface area contributed by atoms with Crippen LogP contribution in [0.4, 0.5) is 0 Å². The zero-order valence-corrected chi connectivity index (χ0v) is 19.4. The van der Waals surface area contributed by atoms with Crippen LogP contribution in [0, 0.1) is 23.7 Å². The number of carboxylic acid groups (broad SMARTS) is 1. The van der Waals surface area contributed by atoms with Crippen molar-refractivity contribution in [1.82, 2.24) is 0 Å². The molecule has 9 nitrogen and oxygen atoms in total. The van der Waals surface area contributed by atoms with Gasteiger partial charge in [-0.3, -0.25) is 14.6 Å². The van der Waals surface area contributed by atoms with Crippen LogP contribution in [-0.4, -0.2) is 32.6 Å². The van der Waals surface area contributed by atoms with E-state index in [9.17, 15) is 24.3 Å². The average Bonchev–Trinajstić information content (AvgIpc) is 2.62. The van der Waals surface area contributed by atoms with Gasteiger partial charge >= 0.3 is 13.8 Å². The van der Waals surface area contributed by atoms with Gasteiger partial charge in [0.1, 0.15) is 5.75 Å². The third kappa shape index (κ3) is 4.11. The molecule has 1 spiro atoms. The molecule has 10 heteroatoms. The largest absolute Gasteiger partial charge is 0.524 e. The Labute approximate surface area is 187 Å². The lowest BCUT2D eigenvalue weighted by Gasteiger charge is -2.65. The van der Waals surface area contributed by atoms with Crippen molar-refractivity contribution in [2.45, 2.75) is 70.4 Å². The number of phosphoric ester groups is 1. The molecule has 1 heterocycles. The third-order valence-electron chi connectivity index (χ3n) is 7.14. The van der Waals surface area contributed by atoms with Crippen molar-refractivity contribution in [2.24, 2.45) is 23.7 Å². The minimum atomic E-state index is -4.77. The second-order valence-corrected chi connectivity index (χ2v) is 10.9. The van der Waals surface area contributed by atoms with E-state index in [2.05, 4.69) is 13.8 Å². The molecule has 178 valence electrons. The predicted molar refractivity (Wildman–Crippen MR) is 112 cm³/mol. The van der Waals surface area contributed by atoms with Gasteiger partial charge in [-0.05, 0) is 68.4 Å². The number of aliphatic carboxylic acids is 1. The summed E-state index contributed by atoms with van der Waals surface area (Å²) < 4.78 is 22.6. The Bertz CT molecular complexity index is 912. The summed E-state index contributed by atoms with van der Waals surface area (Å²) in [6.07, 6.45) is 3.09. The number of benzene rings is 1. The molecular formula is C22H31O9P. The highest BCUT2D eigenvalue weighted by atomic mass is 31.2. The van der Waals surface area contributed by atoms with Gasteiger partial charge in [-0.1, -0.05) is 26.0 Å². The normalized spacial score (nSPS) is 37.5. The zero-order valence-electron chi connectivity index (χ0n) is 18.5. The van der Waals surface area contributed by atoms with Gasteiger partial charge in [0.05, 0.1) is 12.5 Å². The number of fused-ring (bicyclic) bond motifs is 3. The third-order valence-corrected chi connectivity index (χ3v) is 7.59. The molecule has 0 amide bonds. The second kappa shape index (κ2) is 8.38. The second-order valence-electron chi connectivity index (χ2n) is 9.72. The number of phosphoric acid groups is 1. The maximum absolute atomic E-state index is 11.4. The summed E-state index contributed by atoms with van der Waals surface area (Å²) in [5.41, 5.74) is -0.360.